The Morgan fingerprint density at radius 3 is 2.32 bits per heavy atom. The van der Waals surface area contributed by atoms with Gasteiger partial charge in [-0.1, -0.05) is 0 Å². The summed E-state index contributed by atoms with van der Waals surface area (Å²) in [6.07, 6.45) is -3.87. The predicted octanol–water partition coefficient (Wildman–Crippen LogP) is -3.84. The molecule has 0 spiro atoms. The van der Waals surface area contributed by atoms with E-state index >= 15 is 0 Å². The van der Waals surface area contributed by atoms with Crippen molar-refractivity contribution in [3.63, 3.8) is 0 Å². The molecule has 0 aliphatic carbocycles. The summed E-state index contributed by atoms with van der Waals surface area (Å²) in [4.78, 5) is 25.3. The lowest BCUT2D eigenvalue weighted by Gasteiger charge is -2.18. The van der Waals surface area contributed by atoms with Crippen LogP contribution in [0, 0.1) is 6.92 Å². The maximum Gasteiger partial charge on any atom is 0.325 e. The molecular formula is C10H15N2O7-. The number of H-pyrrole nitrogens is 2. The molecular weight excluding hydrogens is 260 g/mol. The normalized spacial score (nSPS) is 29.7. The molecule has 4 atom stereocenters. The Kier molecular flexibility index (Phi) is 5.39. The highest BCUT2D eigenvalue weighted by Crippen LogP contribution is 2.16. The Labute approximate surface area is 107 Å². The second-order valence-electron chi connectivity index (χ2n) is 3.96. The number of nitrogens with one attached hydrogen (secondary N) is 2. The lowest BCUT2D eigenvalue weighted by atomic mass is 10.1. The van der Waals surface area contributed by atoms with Gasteiger partial charge in [0.1, 0.15) is 12.2 Å². The third-order valence-corrected chi connectivity index (χ3v) is 2.50. The monoisotopic (exact) mass is 275 g/mol. The number of rotatable bonds is 1. The van der Waals surface area contributed by atoms with Crippen LogP contribution >= 0.6 is 0 Å². The fourth-order valence-electron chi connectivity index (χ4n) is 1.34. The number of ether oxygens (including phenoxy) is 1. The number of aliphatic hydroxyl groups is 3. The Morgan fingerprint density at radius 2 is 2.00 bits per heavy atom. The molecule has 0 saturated carbocycles. The summed E-state index contributed by atoms with van der Waals surface area (Å²) in [7, 11) is 0. The molecule has 1 aromatic heterocycles. The fourth-order valence-corrected chi connectivity index (χ4v) is 1.34. The molecule has 0 amide bonds. The van der Waals surface area contributed by atoms with E-state index in [0.29, 0.717) is 5.56 Å². The summed E-state index contributed by atoms with van der Waals surface area (Å²) < 4.78 is 4.43. The fraction of sp³-hybridized carbons (Fsp3) is 0.600. The Morgan fingerprint density at radius 1 is 1.37 bits per heavy atom. The zero-order valence-corrected chi connectivity index (χ0v) is 10.1. The summed E-state index contributed by atoms with van der Waals surface area (Å²) in [5.41, 5.74) is -0.293. The highest BCUT2D eigenvalue weighted by molar-refractivity contribution is 4.98. The molecule has 5 N–H and O–H groups in total. The zero-order valence-electron chi connectivity index (χ0n) is 10.1. The maximum atomic E-state index is 10.6. The van der Waals surface area contributed by atoms with Crippen molar-refractivity contribution in [2.45, 2.75) is 31.5 Å². The molecule has 1 aromatic rings. The molecule has 0 aromatic carbocycles. The van der Waals surface area contributed by atoms with Crippen LogP contribution in [0.2, 0.25) is 0 Å². The van der Waals surface area contributed by atoms with Gasteiger partial charge in [-0.2, -0.15) is 0 Å². The summed E-state index contributed by atoms with van der Waals surface area (Å²) in [5, 5.41) is 36.6. The molecule has 1 aliphatic rings. The van der Waals surface area contributed by atoms with Crippen molar-refractivity contribution in [2.75, 3.05) is 6.61 Å². The summed E-state index contributed by atoms with van der Waals surface area (Å²) in [5.74, 6) is 0. The SMILES string of the molecule is Cc1c[nH]c(=O)[nH]c1=O.[O-]C1OC(CO)C(O)C1O. The predicted molar refractivity (Wildman–Crippen MR) is 60.2 cm³/mol. The highest BCUT2D eigenvalue weighted by Gasteiger charge is 2.36. The Bertz CT molecular complexity index is 511. The van der Waals surface area contributed by atoms with Crippen molar-refractivity contribution in [3.05, 3.63) is 32.6 Å². The second-order valence-corrected chi connectivity index (χ2v) is 3.96. The molecule has 9 heteroatoms. The number of hydrogen-bond donors (Lipinski definition) is 5. The number of aryl methyl sites for hydroxylation is 1. The number of hydrogen-bond acceptors (Lipinski definition) is 7. The van der Waals surface area contributed by atoms with Crippen molar-refractivity contribution >= 4 is 0 Å². The number of aromatic nitrogens is 2. The van der Waals surface area contributed by atoms with Gasteiger partial charge in [0.15, 0.2) is 0 Å². The van der Waals surface area contributed by atoms with Crippen molar-refractivity contribution in [2.24, 2.45) is 0 Å². The zero-order chi connectivity index (χ0) is 14.6. The third-order valence-electron chi connectivity index (χ3n) is 2.50. The van der Waals surface area contributed by atoms with E-state index in [0.717, 1.165) is 0 Å². The minimum Gasteiger partial charge on any atom is -0.829 e. The molecule has 1 fully saturated rings. The van der Waals surface area contributed by atoms with Crippen molar-refractivity contribution < 1.29 is 25.2 Å². The highest BCUT2D eigenvalue weighted by atomic mass is 16.6. The molecule has 1 aliphatic heterocycles. The molecule has 0 bridgehead atoms. The van der Waals surface area contributed by atoms with Crippen LogP contribution in [0.25, 0.3) is 0 Å². The van der Waals surface area contributed by atoms with E-state index in [9.17, 15) is 14.7 Å². The van der Waals surface area contributed by atoms with Crippen LogP contribution in [-0.4, -0.2) is 56.5 Å². The van der Waals surface area contributed by atoms with Gasteiger partial charge in [0.2, 0.25) is 0 Å². The van der Waals surface area contributed by atoms with E-state index in [1.165, 1.54) is 6.20 Å². The largest absolute Gasteiger partial charge is 0.829 e. The average molecular weight is 275 g/mol. The van der Waals surface area contributed by atoms with Gasteiger partial charge in [0.25, 0.3) is 5.56 Å². The summed E-state index contributed by atoms with van der Waals surface area (Å²) in [6, 6.07) is 0. The van der Waals surface area contributed by atoms with E-state index in [2.05, 4.69) is 14.7 Å². The first-order chi connectivity index (χ1) is 8.86. The molecule has 0 radical (unpaired) electrons. The molecule has 4 unspecified atom stereocenters. The number of aliphatic hydroxyl groups excluding tert-OH is 3. The number of aromatic amines is 2. The van der Waals surface area contributed by atoms with Crippen LogP contribution < -0.4 is 16.4 Å². The van der Waals surface area contributed by atoms with Gasteiger partial charge in [-0.25, -0.2) is 4.79 Å². The second kappa shape index (κ2) is 6.59. The van der Waals surface area contributed by atoms with E-state index in [1.54, 1.807) is 6.92 Å². The molecule has 2 rings (SSSR count). The first-order valence-corrected chi connectivity index (χ1v) is 5.43. The molecule has 108 valence electrons. The van der Waals surface area contributed by atoms with Crippen LogP contribution in [-0.2, 0) is 4.74 Å². The minimum absolute atomic E-state index is 0.334. The van der Waals surface area contributed by atoms with Gasteiger partial charge < -0.3 is 30.1 Å². The van der Waals surface area contributed by atoms with Gasteiger partial charge in [0, 0.05) is 18.1 Å². The average Bonchev–Trinajstić information content (AvgIpc) is 2.62. The quantitative estimate of drug-likeness (QED) is 0.351. The van der Waals surface area contributed by atoms with Crippen LogP contribution in [0.3, 0.4) is 0 Å². The molecule has 1 saturated heterocycles. The third kappa shape index (κ3) is 3.98. The maximum absolute atomic E-state index is 10.6. The first kappa shape index (κ1) is 15.5. The van der Waals surface area contributed by atoms with E-state index in [-0.39, 0.29) is 5.56 Å². The summed E-state index contributed by atoms with van der Waals surface area (Å²) >= 11 is 0. The first-order valence-electron chi connectivity index (χ1n) is 5.43. The smallest absolute Gasteiger partial charge is 0.325 e. The van der Waals surface area contributed by atoms with Gasteiger partial charge in [-0.3, -0.25) is 9.78 Å². The van der Waals surface area contributed by atoms with Gasteiger partial charge >= 0.3 is 5.69 Å². The van der Waals surface area contributed by atoms with Gasteiger partial charge in [-0.15, -0.1) is 0 Å². The minimum atomic E-state index is -1.63. The van der Waals surface area contributed by atoms with Crippen LogP contribution in [0.15, 0.2) is 15.8 Å². The molecule has 19 heavy (non-hydrogen) atoms. The lowest BCUT2D eigenvalue weighted by molar-refractivity contribution is -0.498. The molecule has 9 nitrogen and oxygen atoms in total. The van der Waals surface area contributed by atoms with Crippen LogP contribution in [0.5, 0.6) is 0 Å². The lowest BCUT2D eigenvalue weighted by Crippen LogP contribution is -2.39. The van der Waals surface area contributed by atoms with Gasteiger partial charge in [0.05, 0.1) is 12.7 Å². The molecule has 2 heterocycles. The topological polar surface area (TPSA) is 159 Å². The Hall–Kier alpha value is -1.52. The van der Waals surface area contributed by atoms with E-state index in [1.807, 2.05) is 0 Å². The van der Waals surface area contributed by atoms with Crippen LogP contribution in [0.4, 0.5) is 0 Å². The van der Waals surface area contributed by atoms with Crippen molar-refractivity contribution in [1.82, 2.24) is 9.97 Å². The van der Waals surface area contributed by atoms with E-state index < -0.39 is 36.9 Å². The van der Waals surface area contributed by atoms with Crippen LogP contribution in [0.1, 0.15) is 5.56 Å². The van der Waals surface area contributed by atoms with Crippen molar-refractivity contribution in [3.8, 4) is 0 Å². The standard InChI is InChI=1S/C5H6N2O2.C5H9O5/c1-3-2-6-5(9)7-4(3)8;6-1-2-3(7)4(8)5(9)10-2/h2H,1H3,(H2,6,7,8,9);2-8H,1H2/q;-1. The van der Waals surface area contributed by atoms with E-state index in [4.69, 9.17) is 15.3 Å². The summed E-state index contributed by atoms with van der Waals surface area (Å²) in [6.45, 7) is 1.17. The van der Waals surface area contributed by atoms with Crippen molar-refractivity contribution in [1.29, 1.82) is 0 Å². The Balaban J connectivity index is 0.000000191. The van der Waals surface area contributed by atoms with Gasteiger partial charge in [-0.05, 0) is 6.92 Å².